The summed E-state index contributed by atoms with van der Waals surface area (Å²) in [4.78, 5) is 11.1. The summed E-state index contributed by atoms with van der Waals surface area (Å²) in [5, 5.41) is 9.13. The van der Waals surface area contributed by atoms with E-state index in [1.54, 1.807) is 12.1 Å². The van der Waals surface area contributed by atoms with Crippen LogP contribution in [-0.2, 0) is 14.8 Å². The lowest BCUT2D eigenvalue weighted by molar-refractivity contribution is -0.139. The number of unbranched alkanes of at least 4 members (excludes halogenated alkanes) is 1. The van der Waals surface area contributed by atoms with Crippen LogP contribution in [0.25, 0.3) is 11.0 Å². The zero-order chi connectivity index (χ0) is 15.5. The van der Waals surface area contributed by atoms with Gasteiger partial charge in [0.25, 0.3) is 0 Å². The van der Waals surface area contributed by atoms with Crippen molar-refractivity contribution in [2.75, 3.05) is 0 Å². The third kappa shape index (κ3) is 3.55. The third-order valence-electron chi connectivity index (χ3n) is 2.98. The monoisotopic (exact) mass is 329 g/mol. The van der Waals surface area contributed by atoms with Gasteiger partial charge < -0.3 is 5.11 Å². The molecule has 2 rings (SSSR count). The second-order valence-electron chi connectivity index (χ2n) is 4.54. The summed E-state index contributed by atoms with van der Waals surface area (Å²) in [7, 11) is -3.96. The normalized spacial score (nSPS) is 13.4. The summed E-state index contributed by atoms with van der Waals surface area (Å²) < 4.78 is 34.9. The van der Waals surface area contributed by atoms with Gasteiger partial charge in [0.2, 0.25) is 10.0 Å². The number of benzene rings is 1. The molecular formula is C12H15N3O4S2. The van der Waals surface area contributed by atoms with E-state index in [0.717, 1.165) is 18.1 Å². The maximum absolute atomic E-state index is 12.4. The molecule has 2 N–H and O–H groups in total. The van der Waals surface area contributed by atoms with E-state index in [1.165, 1.54) is 6.07 Å². The Morgan fingerprint density at radius 1 is 1.43 bits per heavy atom. The van der Waals surface area contributed by atoms with E-state index in [1.807, 2.05) is 6.92 Å². The largest absolute Gasteiger partial charge is 0.480 e. The van der Waals surface area contributed by atoms with Gasteiger partial charge in [0.15, 0.2) is 0 Å². The first-order valence-corrected chi connectivity index (χ1v) is 8.63. The molecule has 0 amide bonds. The van der Waals surface area contributed by atoms with Gasteiger partial charge in [-0.2, -0.15) is 13.5 Å². The van der Waals surface area contributed by atoms with Crippen LogP contribution in [0.1, 0.15) is 26.2 Å². The molecule has 1 heterocycles. The quantitative estimate of drug-likeness (QED) is 0.799. The molecule has 0 saturated heterocycles. The predicted molar refractivity (Wildman–Crippen MR) is 78.7 cm³/mol. The summed E-state index contributed by atoms with van der Waals surface area (Å²) in [6.07, 6.45) is 1.66. The van der Waals surface area contributed by atoms with Crippen LogP contribution in [0, 0.1) is 0 Å². The second-order valence-corrected chi connectivity index (χ2v) is 6.75. The van der Waals surface area contributed by atoms with E-state index in [-0.39, 0.29) is 16.8 Å². The number of hydrogen-bond donors (Lipinski definition) is 2. The van der Waals surface area contributed by atoms with E-state index in [2.05, 4.69) is 13.5 Å². The number of aliphatic carboxylic acids is 1. The molecule has 2 aromatic rings. The third-order valence-corrected chi connectivity index (χ3v) is 5.03. The topological polar surface area (TPSA) is 109 Å². The van der Waals surface area contributed by atoms with Gasteiger partial charge in [0, 0.05) is 0 Å². The van der Waals surface area contributed by atoms with Crippen molar-refractivity contribution in [3.05, 3.63) is 18.2 Å². The van der Waals surface area contributed by atoms with Gasteiger partial charge in [0.05, 0.1) is 11.7 Å². The standard InChI is InChI=1S/C12H15N3O4S2/c1-2-3-5-9(12(16)17)15-21(18,19)10-7-4-6-8-11(10)14-20-13-8/h4,6-7,9,15H,2-3,5H2,1H3,(H,16,17). The molecule has 0 aliphatic rings. The molecule has 1 atom stereocenters. The lowest BCUT2D eigenvalue weighted by atomic mass is 10.1. The zero-order valence-electron chi connectivity index (χ0n) is 11.3. The van der Waals surface area contributed by atoms with Crippen molar-refractivity contribution >= 4 is 38.8 Å². The summed E-state index contributed by atoms with van der Waals surface area (Å²) in [6, 6.07) is 3.46. The fourth-order valence-corrected chi connectivity index (χ4v) is 3.88. The molecule has 114 valence electrons. The smallest absolute Gasteiger partial charge is 0.321 e. The Kier molecular flexibility index (Phi) is 4.86. The Labute approximate surface area is 126 Å². The van der Waals surface area contributed by atoms with Gasteiger partial charge in [-0.05, 0) is 18.6 Å². The molecule has 0 bridgehead atoms. The molecule has 7 nitrogen and oxygen atoms in total. The van der Waals surface area contributed by atoms with Crippen LogP contribution < -0.4 is 4.72 Å². The molecule has 0 aliphatic carbocycles. The average molecular weight is 329 g/mol. The van der Waals surface area contributed by atoms with E-state index in [0.29, 0.717) is 11.9 Å². The van der Waals surface area contributed by atoms with Crippen LogP contribution in [0.15, 0.2) is 23.1 Å². The Balaban J connectivity index is 2.33. The first-order valence-electron chi connectivity index (χ1n) is 6.42. The molecule has 0 spiro atoms. The molecule has 0 radical (unpaired) electrons. The highest BCUT2D eigenvalue weighted by Gasteiger charge is 2.27. The molecule has 1 aromatic heterocycles. The van der Waals surface area contributed by atoms with E-state index in [4.69, 9.17) is 5.11 Å². The van der Waals surface area contributed by atoms with Crippen molar-refractivity contribution < 1.29 is 18.3 Å². The molecule has 0 fully saturated rings. The number of nitrogens with zero attached hydrogens (tertiary/aromatic N) is 2. The number of carbonyl (C=O) groups is 1. The predicted octanol–water partition coefficient (Wildman–Crippen LogP) is 1.61. The number of aromatic nitrogens is 2. The van der Waals surface area contributed by atoms with Crippen LogP contribution in [0.2, 0.25) is 0 Å². The fourth-order valence-electron chi connectivity index (χ4n) is 1.89. The van der Waals surface area contributed by atoms with Crippen molar-refractivity contribution in [2.45, 2.75) is 37.1 Å². The zero-order valence-corrected chi connectivity index (χ0v) is 12.9. The van der Waals surface area contributed by atoms with Gasteiger partial charge in [-0.15, -0.1) is 0 Å². The molecule has 1 unspecified atom stereocenters. The fraction of sp³-hybridized carbons (Fsp3) is 0.417. The highest BCUT2D eigenvalue weighted by molar-refractivity contribution is 7.89. The van der Waals surface area contributed by atoms with Crippen molar-refractivity contribution in [1.29, 1.82) is 0 Å². The Bertz CT molecular complexity index is 742. The molecule has 9 heteroatoms. The van der Waals surface area contributed by atoms with Crippen molar-refractivity contribution in [1.82, 2.24) is 13.5 Å². The summed E-state index contributed by atoms with van der Waals surface area (Å²) >= 11 is 0.914. The van der Waals surface area contributed by atoms with Gasteiger partial charge >= 0.3 is 5.97 Å². The summed E-state index contributed by atoms with van der Waals surface area (Å²) in [5.41, 5.74) is 0.734. The maximum atomic E-state index is 12.4. The second kappa shape index (κ2) is 6.46. The molecular weight excluding hydrogens is 314 g/mol. The van der Waals surface area contributed by atoms with E-state index < -0.39 is 22.0 Å². The minimum absolute atomic E-state index is 0.0449. The Hall–Kier alpha value is -1.58. The molecule has 0 aliphatic heterocycles. The maximum Gasteiger partial charge on any atom is 0.321 e. The number of carboxylic acid groups (broad SMARTS) is 1. The average Bonchev–Trinajstić information content (AvgIpc) is 2.91. The SMILES string of the molecule is CCCCC(NS(=O)(=O)c1cccc2nsnc12)C(=O)O. The van der Waals surface area contributed by atoms with Gasteiger partial charge in [0.1, 0.15) is 22.0 Å². The molecule has 1 aromatic carbocycles. The van der Waals surface area contributed by atoms with Crippen LogP contribution in [0.5, 0.6) is 0 Å². The van der Waals surface area contributed by atoms with Crippen molar-refractivity contribution in [2.24, 2.45) is 0 Å². The lowest BCUT2D eigenvalue weighted by Gasteiger charge is -2.14. The first kappa shape index (κ1) is 15.8. The number of hydrogen-bond acceptors (Lipinski definition) is 6. The number of fused-ring (bicyclic) bond motifs is 1. The van der Waals surface area contributed by atoms with Crippen LogP contribution in [0.4, 0.5) is 0 Å². The van der Waals surface area contributed by atoms with E-state index in [9.17, 15) is 13.2 Å². The highest BCUT2D eigenvalue weighted by atomic mass is 32.2. The minimum atomic E-state index is -3.96. The van der Waals surface area contributed by atoms with Gasteiger partial charge in [-0.1, -0.05) is 25.8 Å². The Morgan fingerprint density at radius 2 is 2.19 bits per heavy atom. The number of rotatable bonds is 7. The number of carboxylic acids is 1. The summed E-state index contributed by atoms with van der Waals surface area (Å²) in [5.74, 6) is -1.18. The number of nitrogens with one attached hydrogen (secondary N) is 1. The van der Waals surface area contributed by atoms with Crippen LogP contribution in [-0.4, -0.2) is 34.3 Å². The van der Waals surface area contributed by atoms with Crippen molar-refractivity contribution in [3.63, 3.8) is 0 Å². The van der Waals surface area contributed by atoms with Crippen LogP contribution in [0.3, 0.4) is 0 Å². The van der Waals surface area contributed by atoms with Gasteiger partial charge in [-0.25, -0.2) is 8.42 Å². The Morgan fingerprint density at radius 3 is 2.86 bits per heavy atom. The molecule has 0 saturated carbocycles. The molecule has 21 heavy (non-hydrogen) atoms. The lowest BCUT2D eigenvalue weighted by Crippen LogP contribution is -2.40. The van der Waals surface area contributed by atoms with Crippen molar-refractivity contribution in [3.8, 4) is 0 Å². The van der Waals surface area contributed by atoms with Crippen LogP contribution >= 0.6 is 11.7 Å². The minimum Gasteiger partial charge on any atom is -0.480 e. The number of sulfonamides is 1. The highest BCUT2D eigenvalue weighted by Crippen LogP contribution is 2.21. The van der Waals surface area contributed by atoms with E-state index >= 15 is 0 Å². The first-order chi connectivity index (χ1) is 9.95. The van der Waals surface area contributed by atoms with Gasteiger partial charge in [-0.3, -0.25) is 4.79 Å². The summed E-state index contributed by atoms with van der Waals surface area (Å²) in [6.45, 7) is 1.91.